The molecule has 1 aromatic heterocycles. The van der Waals surface area contributed by atoms with Gasteiger partial charge < -0.3 is 9.47 Å². The standard InChI is InChI=1S/C53H38N2/c1-54-52(43-17-6-3-7-18-43)51(50-36-29-40-16-9-11-21-49(40)53(50)54)42-27-34-46(35-28-42)55(44-30-23-38(24-31-44)37-13-4-2-5-14-37)45-32-25-41(26-33-45)48-22-12-19-39-15-8-10-20-47(39)48/h2-36H,1H3. The van der Waals surface area contributed by atoms with Crippen molar-refractivity contribution < 1.29 is 0 Å². The van der Waals surface area contributed by atoms with Crippen molar-refractivity contribution in [1.82, 2.24) is 4.57 Å². The first kappa shape index (κ1) is 32.5. The van der Waals surface area contributed by atoms with E-state index in [2.05, 4.69) is 229 Å². The lowest BCUT2D eigenvalue weighted by molar-refractivity contribution is 0.983. The Morgan fingerprint density at radius 2 is 0.800 bits per heavy atom. The molecule has 10 aromatic rings. The molecule has 10 rings (SSSR count). The lowest BCUT2D eigenvalue weighted by atomic mass is 9.96. The first-order valence-electron chi connectivity index (χ1n) is 18.9. The molecule has 55 heavy (non-hydrogen) atoms. The maximum absolute atomic E-state index is 2.38. The molecule has 0 bridgehead atoms. The van der Waals surface area contributed by atoms with Crippen LogP contribution in [0.1, 0.15) is 0 Å². The number of hydrogen-bond donors (Lipinski definition) is 0. The van der Waals surface area contributed by atoms with Crippen LogP contribution in [0.25, 0.3) is 77.1 Å². The first-order chi connectivity index (χ1) is 27.2. The summed E-state index contributed by atoms with van der Waals surface area (Å²) in [4.78, 5) is 2.36. The zero-order chi connectivity index (χ0) is 36.7. The maximum atomic E-state index is 2.38. The van der Waals surface area contributed by atoms with Crippen molar-refractivity contribution in [3.05, 3.63) is 212 Å². The van der Waals surface area contributed by atoms with Crippen LogP contribution in [-0.4, -0.2) is 4.57 Å². The highest BCUT2D eigenvalue weighted by atomic mass is 15.1. The molecule has 9 aromatic carbocycles. The van der Waals surface area contributed by atoms with Crippen LogP contribution in [0.15, 0.2) is 212 Å². The van der Waals surface area contributed by atoms with Crippen molar-refractivity contribution in [3.63, 3.8) is 0 Å². The minimum absolute atomic E-state index is 1.10. The number of aryl methyl sites for hydroxylation is 1. The summed E-state index contributed by atoms with van der Waals surface area (Å²) in [7, 11) is 2.21. The Bertz CT molecular complexity index is 2940. The predicted molar refractivity (Wildman–Crippen MR) is 234 cm³/mol. The van der Waals surface area contributed by atoms with Crippen LogP contribution in [-0.2, 0) is 7.05 Å². The number of aromatic nitrogens is 1. The zero-order valence-corrected chi connectivity index (χ0v) is 30.6. The van der Waals surface area contributed by atoms with Crippen molar-refractivity contribution in [3.8, 4) is 44.6 Å². The van der Waals surface area contributed by atoms with Crippen molar-refractivity contribution in [2.24, 2.45) is 7.05 Å². The molecule has 260 valence electrons. The normalized spacial score (nSPS) is 11.4. The van der Waals surface area contributed by atoms with Gasteiger partial charge in [0.15, 0.2) is 0 Å². The van der Waals surface area contributed by atoms with E-state index in [0.29, 0.717) is 0 Å². The highest BCUT2D eigenvalue weighted by Gasteiger charge is 2.21. The molecule has 1 heterocycles. The molecule has 0 fully saturated rings. The van der Waals surface area contributed by atoms with Crippen LogP contribution in [0.3, 0.4) is 0 Å². The molecule has 2 heteroatoms. The monoisotopic (exact) mass is 702 g/mol. The van der Waals surface area contributed by atoms with E-state index in [1.165, 1.54) is 77.1 Å². The second-order valence-electron chi connectivity index (χ2n) is 14.2. The van der Waals surface area contributed by atoms with E-state index in [1.54, 1.807) is 0 Å². The number of hydrogen-bond acceptors (Lipinski definition) is 1. The van der Waals surface area contributed by atoms with Crippen LogP contribution in [0.5, 0.6) is 0 Å². The molecule has 0 aliphatic rings. The van der Waals surface area contributed by atoms with E-state index in [4.69, 9.17) is 0 Å². The van der Waals surface area contributed by atoms with Crippen LogP contribution < -0.4 is 4.90 Å². The molecule has 0 amide bonds. The van der Waals surface area contributed by atoms with Gasteiger partial charge in [-0.3, -0.25) is 0 Å². The smallest absolute Gasteiger partial charge is 0.0568 e. The summed E-state index contributed by atoms with van der Waals surface area (Å²) < 4.78 is 2.38. The second kappa shape index (κ2) is 13.7. The second-order valence-corrected chi connectivity index (χ2v) is 14.2. The number of anilines is 3. The molecule has 0 radical (unpaired) electrons. The number of fused-ring (bicyclic) bond motifs is 4. The van der Waals surface area contributed by atoms with Gasteiger partial charge in [0.1, 0.15) is 0 Å². The fourth-order valence-corrected chi connectivity index (χ4v) is 8.38. The molecule has 0 saturated carbocycles. The summed E-state index contributed by atoms with van der Waals surface area (Å²) >= 11 is 0. The Morgan fingerprint density at radius 3 is 1.44 bits per heavy atom. The van der Waals surface area contributed by atoms with Crippen LogP contribution in [0.2, 0.25) is 0 Å². The molecule has 0 aliphatic heterocycles. The lowest BCUT2D eigenvalue weighted by Gasteiger charge is -2.26. The fourth-order valence-electron chi connectivity index (χ4n) is 8.38. The number of rotatable bonds is 7. The third-order valence-corrected chi connectivity index (χ3v) is 11.0. The van der Waals surface area contributed by atoms with E-state index in [-0.39, 0.29) is 0 Å². The van der Waals surface area contributed by atoms with Gasteiger partial charge in [0.2, 0.25) is 0 Å². The summed E-state index contributed by atoms with van der Waals surface area (Å²) in [6.45, 7) is 0. The van der Waals surface area contributed by atoms with Gasteiger partial charge in [-0.2, -0.15) is 0 Å². The van der Waals surface area contributed by atoms with Gasteiger partial charge >= 0.3 is 0 Å². The Balaban J connectivity index is 1.10. The quantitative estimate of drug-likeness (QED) is 0.160. The molecule has 2 nitrogen and oxygen atoms in total. The summed E-state index contributed by atoms with van der Waals surface area (Å²) in [5.41, 5.74) is 14.3. The first-order valence-corrected chi connectivity index (χ1v) is 18.9. The Morgan fingerprint density at radius 1 is 0.327 bits per heavy atom. The molecule has 0 spiro atoms. The SMILES string of the molecule is Cn1c(-c2ccccc2)c(-c2ccc(N(c3ccc(-c4ccccc4)cc3)c3ccc(-c4cccc5ccccc45)cc3)cc2)c2ccc3ccccc3c21. The average Bonchev–Trinajstić information content (AvgIpc) is 3.57. The molecule has 0 N–H and O–H groups in total. The third-order valence-electron chi connectivity index (χ3n) is 11.0. The summed E-state index contributed by atoms with van der Waals surface area (Å²) in [5.74, 6) is 0. The topological polar surface area (TPSA) is 8.17 Å². The molecular formula is C53H38N2. The van der Waals surface area contributed by atoms with Gasteiger partial charge in [-0.1, -0.05) is 176 Å². The van der Waals surface area contributed by atoms with Gasteiger partial charge in [-0.05, 0) is 85.9 Å². The summed E-state index contributed by atoms with van der Waals surface area (Å²) in [5, 5.41) is 6.28. The van der Waals surface area contributed by atoms with Crippen LogP contribution in [0.4, 0.5) is 17.1 Å². The van der Waals surface area contributed by atoms with E-state index >= 15 is 0 Å². The fraction of sp³-hybridized carbons (Fsp3) is 0.0189. The molecule has 0 atom stereocenters. The number of nitrogens with zero attached hydrogens (tertiary/aromatic N) is 2. The Labute approximate surface area is 321 Å². The van der Waals surface area contributed by atoms with E-state index in [9.17, 15) is 0 Å². The lowest BCUT2D eigenvalue weighted by Crippen LogP contribution is -2.09. The zero-order valence-electron chi connectivity index (χ0n) is 30.6. The molecular weight excluding hydrogens is 665 g/mol. The number of benzene rings is 9. The van der Waals surface area contributed by atoms with E-state index in [1.807, 2.05) is 0 Å². The summed E-state index contributed by atoms with van der Waals surface area (Å²) in [6.07, 6.45) is 0. The van der Waals surface area contributed by atoms with Gasteiger partial charge in [0.25, 0.3) is 0 Å². The third kappa shape index (κ3) is 5.76. The minimum Gasteiger partial charge on any atom is -0.343 e. The van der Waals surface area contributed by atoms with E-state index < -0.39 is 0 Å². The summed E-state index contributed by atoms with van der Waals surface area (Å²) in [6, 6.07) is 76.8. The Hall–Kier alpha value is -7.16. The van der Waals surface area contributed by atoms with Crippen molar-refractivity contribution in [2.45, 2.75) is 0 Å². The molecule has 0 aliphatic carbocycles. The highest BCUT2D eigenvalue weighted by molar-refractivity contribution is 6.15. The highest BCUT2D eigenvalue weighted by Crippen LogP contribution is 2.44. The van der Waals surface area contributed by atoms with Crippen molar-refractivity contribution in [2.75, 3.05) is 4.90 Å². The average molecular weight is 703 g/mol. The van der Waals surface area contributed by atoms with Gasteiger partial charge in [0, 0.05) is 40.4 Å². The minimum atomic E-state index is 1.10. The van der Waals surface area contributed by atoms with Gasteiger partial charge in [-0.25, -0.2) is 0 Å². The molecule has 0 saturated heterocycles. The molecule has 0 unspecified atom stereocenters. The van der Waals surface area contributed by atoms with Crippen molar-refractivity contribution >= 4 is 49.5 Å². The Kier molecular flexibility index (Phi) is 8.08. The van der Waals surface area contributed by atoms with Crippen LogP contribution >= 0.6 is 0 Å². The van der Waals surface area contributed by atoms with E-state index in [0.717, 1.165) is 17.1 Å². The predicted octanol–water partition coefficient (Wildman–Crippen LogP) is 14.6. The van der Waals surface area contributed by atoms with Gasteiger partial charge in [0.05, 0.1) is 11.2 Å². The van der Waals surface area contributed by atoms with Gasteiger partial charge in [-0.15, -0.1) is 0 Å². The maximum Gasteiger partial charge on any atom is 0.0568 e. The van der Waals surface area contributed by atoms with Crippen LogP contribution in [0, 0.1) is 0 Å². The largest absolute Gasteiger partial charge is 0.343 e. The van der Waals surface area contributed by atoms with Crippen molar-refractivity contribution in [1.29, 1.82) is 0 Å².